The molecule has 132 valence electrons. The maximum absolute atomic E-state index is 12.7. The van der Waals surface area contributed by atoms with Crippen molar-refractivity contribution in [2.45, 2.75) is 0 Å². The van der Waals surface area contributed by atoms with Gasteiger partial charge in [0.05, 0.1) is 0 Å². The van der Waals surface area contributed by atoms with E-state index in [9.17, 15) is 39.5 Å². The molecule has 12 heteroatoms. The summed E-state index contributed by atoms with van der Waals surface area (Å²) in [4.78, 5) is 0. The van der Waals surface area contributed by atoms with Crippen molar-refractivity contribution < 1.29 is 53.7 Å². The minimum absolute atomic E-state index is 0.422. The van der Waals surface area contributed by atoms with E-state index in [2.05, 4.69) is 14.2 Å². The van der Waals surface area contributed by atoms with Crippen LogP contribution < -0.4 is 14.2 Å². The molecule has 3 nitrogen and oxygen atoms in total. The van der Waals surface area contributed by atoms with Crippen LogP contribution in [0.15, 0.2) is 54.5 Å². The van der Waals surface area contributed by atoms with Gasteiger partial charge in [0.15, 0.2) is 0 Å². The number of hydrogen-bond acceptors (Lipinski definition) is 3. The summed E-state index contributed by atoms with van der Waals surface area (Å²) >= 11 is 0. The maximum Gasteiger partial charge on any atom is 0.344 e. The Morgan fingerprint density at radius 2 is 0.667 bits per heavy atom. The van der Waals surface area contributed by atoms with Crippen molar-refractivity contribution >= 4 is 0 Å². The predicted octanol–water partition coefficient (Wildman–Crippen LogP) is 5.93. The minimum Gasteiger partial charge on any atom is -0.428 e. The van der Waals surface area contributed by atoms with Crippen molar-refractivity contribution in [2.75, 3.05) is 0 Å². The Morgan fingerprint density at radius 1 is 0.458 bits per heavy atom. The van der Waals surface area contributed by atoms with Crippen molar-refractivity contribution in [3.05, 3.63) is 54.5 Å². The van der Waals surface area contributed by atoms with Crippen molar-refractivity contribution in [1.29, 1.82) is 0 Å². The van der Waals surface area contributed by atoms with E-state index in [0.29, 0.717) is 18.2 Å². The summed E-state index contributed by atoms with van der Waals surface area (Å²) in [5.41, 5.74) is 0. The van der Waals surface area contributed by atoms with E-state index in [0.717, 1.165) is 0 Å². The molecule has 0 heterocycles. The topological polar surface area (TPSA) is 27.7 Å². The molecule has 1 aromatic rings. The van der Waals surface area contributed by atoms with Crippen LogP contribution >= 0.6 is 0 Å². The molecule has 0 saturated carbocycles. The molecular formula is C12H3F9O3. The zero-order valence-corrected chi connectivity index (χ0v) is 10.9. The van der Waals surface area contributed by atoms with E-state index in [1.165, 1.54) is 0 Å². The molecule has 0 aliphatic carbocycles. The second kappa shape index (κ2) is 8.17. The highest BCUT2D eigenvalue weighted by molar-refractivity contribution is 5.43. The van der Waals surface area contributed by atoms with Crippen LogP contribution in [0.5, 0.6) is 17.2 Å². The predicted molar refractivity (Wildman–Crippen MR) is 59.4 cm³/mol. The van der Waals surface area contributed by atoms with E-state index in [4.69, 9.17) is 0 Å². The smallest absolute Gasteiger partial charge is 0.344 e. The largest absolute Gasteiger partial charge is 0.428 e. The Balaban J connectivity index is 3.26. The molecule has 0 N–H and O–H groups in total. The molecule has 0 spiro atoms. The van der Waals surface area contributed by atoms with Gasteiger partial charge in [-0.3, -0.25) is 0 Å². The summed E-state index contributed by atoms with van der Waals surface area (Å²) < 4.78 is 121. The third-order valence-electron chi connectivity index (χ3n) is 1.92. The quantitative estimate of drug-likeness (QED) is 0.462. The Hall–Kier alpha value is -2.79. The van der Waals surface area contributed by atoms with E-state index >= 15 is 0 Å². The lowest BCUT2D eigenvalue weighted by atomic mass is 10.3. The number of hydrogen-bond donors (Lipinski definition) is 0. The molecule has 1 aromatic carbocycles. The molecular weight excluding hydrogens is 363 g/mol. The van der Waals surface area contributed by atoms with Crippen LogP contribution in [0.3, 0.4) is 0 Å². The van der Waals surface area contributed by atoms with E-state index < -0.39 is 53.5 Å². The maximum atomic E-state index is 12.7. The third kappa shape index (κ3) is 5.78. The standard InChI is InChI=1S/C12H3F9O3/c13-7(14)10(19)22-4-1-5(23-11(20)8(15)16)3-6(2-4)24-12(21)9(17)18/h1-3H. The van der Waals surface area contributed by atoms with Crippen LogP contribution in [0.4, 0.5) is 39.5 Å². The van der Waals surface area contributed by atoms with Gasteiger partial charge >= 0.3 is 36.3 Å². The molecule has 0 unspecified atom stereocenters. The summed E-state index contributed by atoms with van der Waals surface area (Å²) in [5, 5.41) is 0. The fourth-order valence-electron chi connectivity index (χ4n) is 1.15. The Labute approximate surface area is 126 Å². The summed E-state index contributed by atoms with van der Waals surface area (Å²) in [7, 11) is 0. The van der Waals surface area contributed by atoms with E-state index in [1.54, 1.807) is 0 Å². The average molecular weight is 366 g/mol. The van der Waals surface area contributed by atoms with Gasteiger partial charge < -0.3 is 14.2 Å². The van der Waals surface area contributed by atoms with Gasteiger partial charge in [0.2, 0.25) is 0 Å². The molecule has 0 bridgehead atoms. The average Bonchev–Trinajstić information content (AvgIpc) is 2.46. The fourth-order valence-corrected chi connectivity index (χ4v) is 1.15. The summed E-state index contributed by atoms with van der Waals surface area (Å²) in [6.07, 6.45) is -8.78. The lowest BCUT2D eigenvalue weighted by Gasteiger charge is -2.09. The second-order valence-electron chi connectivity index (χ2n) is 3.55. The lowest BCUT2D eigenvalue weighted by Crippen LogP contribution is -1.97. The van der Waals surface area contributed by atoms with Gasteiger partial charge in [0.25, 0.3) is 0 Å². The summed E-state index contributed by atoms with van der Waals surface area (Å²) in [5.74, 6) is -2.94. The van der Waals surface area contributed by atoms with E-state index in [-0.39, 0.29) is 0 Å². The van der Waals surface area contributed by atoms with Crippen LogP contribution in [0.25, 0.3) is 0 Å². The minimum atomic E-state index is -2.93. The molecule has 0 radical (unpaired) electrons. The molecule has 0 aromatic heterocycles. The Morgan fingerprint density at radius 3 is 0.833 bits per heavy atom. The van der Waals surface area contributed by atoms with Crippen LogP contribution in [0.1, 0.15) is 0 Å². The first kappa shape index (κ1) is 19.3. The highest BCUT2D eigenvalue weighted by Crippen LogP contribution is 2.33. The van der Waals surface area contributed by atoms with Crippen molar-refractivity contribution in [3.63, 3.8) is 0 Å². The van der Waals surface area contributed by atoms with Crippen molar-refractivity contribution in [1.82, 2.24) is 0 Å². The summed E-state index contributed by atoms with van der Waals surface area (Å²) in [6.45, 7) is 0. The SMILES string of the molecule is FC(F)=C(F)Oc1cc(OC(F)=C(F)F)cc(OC(F)=C(F)F)c1. The molecule has 24 heavy (non-hydrogen) atoms. The molecule has 1 rings (SSSR count). The van der Waals surface area contributed by atoms with Gasteiger partial charge in [-0.1, -0.05) is 0 Å². The lowest BCUT2D eigenvalue weighted by molar-refractivity contribution is 0.225. The first-order valence-electron chi connectivity index (χ1n) is 5.41. The third-order valence-corrected chi connectivity index (χ3v) is 1.92. The zero-order chi connectivity index (χ0) is 18.4. The molecule has 0 aliphatic heterocycles. The molecule has 0 saturated heterocycles. The van der Waals surface area contributed by atoms with Gasteiger partial charge in [-0.25, -0.2) is 0 Å². The molecule has 0 aliphatic rings. The first-order chi connectivity index (χ1) is 11.1. The van der Waals surface area contributed by atoms with Crippen molar-refractivity contribution in [3.8, 4) is 17.2 Å². The highest BCUT2D eigenvalue weighted by atomic mass is 19.3. The van der Waals surface area contributed by atoms with E-state index in [1.807, 2.05) is 0 Å². The van der Waals surface area contributed by atoms with Crippen LogP contribution in [-0.2, 0) is 0 Å². The number of ether oxygens (including phenoxy) is 3. The van der Waals surface area contributed by atoms with Gasteiger partial charge in [-0.2, -0.15) is 39.5 Å². The number of halogens is 9. The second-order valence-corrected chi connectivity index (χ2v) is 3.55. The Bertz CT molecular complexity index is 592. The van der Waals surface area contributed by atoms with Gasteiger partial charge in [-0.15, -0.1) is 0 Å². The monoisotopic (exact) mass is 366 g/mol. The Kier molecular flexibility index (Phi) is 6.56. The van der Waals surface area contributed by atoms with Crippen LogP contribution in [0, 0.1) is 0 Å². The molecule has 0 atom stereocenters. The summed E-state index contributed by atoms with van der Waals surface area (Å²) in [6, 6.07) is -6.07. The molecule has 0 amide bonds. The zero-order valence-electron chi connectivity index (χ0n) is 10.9. The van der Waals surface area contributed by atoms with Gasteiger partial charge in [0, 0.05) is 18.2 Å². The number of benzene rings is 1. The van der Waals surface area contributed by atoms with Crippen LogP contribution in [0.2, 0.25) is 0 Å². The van der Waals surface area contributed by atoms with Crippen LogP contribution in [-0.4, -0.2) is 0 Å². The fraction of sp³-hybridized carbons (Fsp3) is 0. The number of rotatable bonds is 6. The first-order valence-corrected chi connectivity index (χ1v) is 5.41. The molecule has 0 fully saturated rings. The van der Waals surface area contributed by atoms with Gasteiger partial charge in [-0.05, 0) is 0 Å². The van der Waals surface area contributed by atoms with Gasteiger partial charge in [0.1, 0.15) is 17.2 Å². The normalized spacial score (nSPS) is 9.88. The van der Waals surface area contributed by atoms with Crippen molar-refractivity contribution in [2.24, 2.45) is 0 Å². The highest BCUT2D eigenvalue weighted by Gasteiger charge is 2.16.